The van der Waals surface area contributed by atoms with Gasteiger partial charge in [-0.25, -0.2) is 8.78 Å². The monoisotopic (exact) mass is 372 g/mol. The molecule has 3 nitrogen and oxygen atoms in total. The van der Waals surface area contributed by atoms with Crippen molar-refractivity contribution in [2.24, 2.45) is 0 Å². The Kier molecular flexibility index (Phi) is 7.55. The van der Waals surface area contributed by atoms with Gasteiger partial charge < -0.3 is 14.2 Å². The van der Waals surface area contributed by atoms with Gasteiger partial charge in [0.05, 0.1) is 14.2 Å². The lowest BCUT2D eigenvalue weighted by Gasteiger charge is -2.15. The summed E-state index contributed by atoms with van der Waals surface area (Å²) in [5.74, 6) is 1.10. The minimum absolute atomic E-state index is 0.118. The Morgan fingerprint density at radius 1 is 1.20 bits per heavy atom. The highest BCUT2D eigenvalue weighted by molar-refractivity contribution is 9.09. The zero-order chi connectivity index (χ0) is 15.1. The van der Waals surface area contributed by atoms with Gasteiger partial charge in [0.2, 0.25) is 0 Å². The quantitative estimate of drug-likeness (QED) is 0.497. The minimum atomic E-state index is -2.45. The Balaban J connectivity index is 2.69. The minimum Gasteiger partial charge on any atom is -0.493 e. The Morgan fingerprint density at radius 2 is 1.80 bits per heavy atom. The van der Waals surface area contributed by atoms with Crippen molar-refractivity contribution in [2.45, 2.75) is 17.7 Å². The number of alkyl halides is 3. The lowest BCUT2D eigenvalue weighted by Crippen LogP contribution is -2.07. The molecule has 0 radical (unpaired) electrons. The molecule has 114 valence electrons. The van der Waals surface area contributed by atoms with E-state index in [9.17, 15) is 8.78 Å². The van der Waals surface area contributed by atoms with Gasteiger partial charge in [-0.05, 0) is 18.1 Å². The highest BCUT2D eigenvalue weighted by Crippen LogP contribution is 2.39. The average molecular weight is 374 g/mol. The molecule has 1 unspecified atom stereocenters. The molecule has 0 aliphatic carbocycles. The van der Waals surface area contributed by atoms with Crippen LogP contribution in [0.5, 0.6) is 11.5 Å². The molecule has 1 aromatic rings. The van der Waals surface area contributed by atoms with Crippen LogP contribution in [-0.4, -0.2) is 33.9 Å². The van der Waals surface area contributed by atoms with E-state index in [1.54, 1.807) is 12.1 Å². The highest BCUT2D eigenvalue weighted by Gasteiger charge is 2.16. The number of rotatable bonds is 8. The van der Waals surface area contributed by atoms with Crippen LogP contribution < -0.4 is 9.47 Å². The van der Waals surface area contributed by atoms with E-state index in [4.69, 9.17) is 25.8 Å². The summed E-state index contributed by atoms with van der Waals surface area (Å²) in [6, 6.07) is 3.41. The average Bonchev–Trinajstić information content (AvgIpc) is 2.42. The maximum absolute atomic E-state index is 11.9. The number of ether oxygens (including phenoxy) is 3. The molecule has 0 heterocycles. The van der Waals surface area contributed by atoms with Crippen LogP contribution >= 0.6 is 27.5 Å². The van der Waals surface area contributed by atoms with Crippen molar-refractivity contribution < 1.29 is 23.0 Å². The van der Waals surface area contributed by atoms with E-state index in [2.05, 4.69) is 15.9 Å². The van der Waals surface area contributed by atoms with E-state index in [0.717, 1.165) is 5.56 Å². The molecule has 0 spiro atoms. The molecule has 1 atom stereocenters. The number of methoxy groups -OCH3 is 2. The molecule has 20 heavy (non-hydrogen) atoms. The summed E-state index contributed by atoms with van der Waals surface area (Å²) in [5, 5.41) is 0.512. The highest BCUT2D eigenvalue weighted by atomic mass is 79.9. The van der Waals surface area contributed by atoms with Gasteiger partial charge in [-0.1, -0.05) is 27.5 Å². The molecule has 0 saturated heterocycles. The number of hydrogen-bond donors (Lipinski definition) is 0. The summed E-state index contributed by atoms with van der Waals surface area (Å²) >= 11 is 9.63. The fourth-order valence-electron chi connectivity index (χ4n) is 1.62. The van der Waals surface area contributed by atoms with Crippen LogP contribution in [0.3, 0.4) is 0 Å². The van der Waals surface area contributed by atoms with Gasteiger partial charge in [0.25, 0.3) is 6.43 Å². The normalized spacial score (nSPS) is 12.6. The Labute approximate surface area is 130 Å². The topological polar surface area (TPSA) is 27.7 Å². The summed E-state index contributed by atoms with van der Waals surface area (Å²) < 4.78 is 39.1. The van der Waals surface area contributed by atoms with Gasteiger partial charge >= 0.3 is 0 Å². The Hall–Kier alpha value is -0.590. The second-order valence-electron chi connectivity index (χ2n) is 3.95. The molecule has 0 aliphatic rings. The van der Waals surface area contributed by atoms with E-state index < -0.39 is 13.0 Å². The third-order valence-corrected chi connectivity index (χ3v) is 3.88. The molecule has 1 rings (SSSR count). The van der Waals surface area contributed by atoms with Crippen molar-refractivity contribution in [3.63, 3.8) is 0 Å². The predicted molar refractivity (Wildman–Crippen MR) is 77.7 cm³/mol. The Bertz CT molecular complexity index is 432. The van der Waals surface area contributed by atoms with Crippen molar-refractivity contribution in [3.8, 4) is 11.5 Å². The first kappa shape index (κ1) is 17.5. The molecule has 0 aromatic heterocycles. The van der Waals surface area contributed by atoms with Crippen LogP contribution in [0.2, 0.25) is 5.02 Å². The van der Waals surface area contributed by atoms with Crippen molar-refractivity contribution in [3.05, 3.63) is 22.7 Å². The van der Waals surface area contributed by atoms with Crippen LogP contribution in [0.15, 0.2) is 12.1 Å². The lowest BCUT2D eigenvalue weighted by atomic mass is 10.1. The molecule has 0 aliphatic heterocycles. The van der Waals surface area contributed by atoms with Crippen molar-refractivity contribution in [1.29, 1.82) is 0 Å². The summed E-state index contributed by atoms with van der Waals surface area (Å²) in [6.07, 6.45) is -1.93. The third kappa shape index (κ3) is 5.07. The fraction of sp³-hybridized carbons (Fsp3) is 0.538. The molecule has 1 aromatic carbocycles. The van der Waals surface area contributed by atoms with E-state index in [1.807, 2.05) is 0 Å². The van der Waals surface area contributed by atoms with Crippen molar-refractivity contribution >= 4 is 27.5 Å². The number of halogens is 4. The van der Waals surface area contributed by atoms with Gasteiger partial charge in [0, 0.05) is 22.5 Å². The van der Waals surface area contributed by atoms with Gasteiger partial charge in [-0.15, -0.1) is 0 Å². The smallest absolute Gasteiger partial charge is 0.261 e. The molecule has 0 N–H and O–H groups in total. The Morgan fingerprint density at radius 3 is 2.35 bits per heavy atom. The first-order valence-corrected chi connectivity index (χ1v) is 7.20. The van der Waals surface area contributed by atoms with E-state index in [1.165, 1.54) is 14.2 Å². The zero-order valence-corrected chi connectivity index (χ0v) is 13.5. The van der Waals surface area contributed by atoms with Gasteiger partial charge in [0.1, 0.15) is 6.61 Å². The second kappa shape index (κ2) is 8.64. The molecule has 7 heteroatoms. The number of hydrogen-bond acceptors (Lipinski definition) is 3. The second-order valence-corrected chi connectivity index (χ2v) is 5.46. The molecular formula is C13H16BrClF2O3. The van der Waals surface area contributed by atoms with E-state index in [-0.39, 0.29) is 11.4 Å². The largest absolute Gasteiger partial charge is 0.493 e. The first-order chi connectivity index (χ1) is 9.49. The van der Waals surface area contributed by atoms with Crippen LogP contribution in [0.4, 0.5) is 8.78 Å². The fourth-order valence-corrected chi connectivity index (χ4v) is 2.61. The summed E-state index contributed by atoms with van der Waals surface area (Å²) in [5.41, 5.74) is 0.796. The maximum Gasteiger partial charge on any atom is 0.261 e. The SMILES string of the molecule is COc1cc(Cl)c(C(Br)CCOCC(F)F)cc1OC. The molecule has 0 bridgehead atoms. The molecular weight excluding hydrogens is 357 g/mol. The zero-order valence-electron chi connectivity index (χ0n) is 11.2. The van der Waals surface area contributed by atoms with Gasteiger partial charge in [0.15, 0.2) is 11.5 Å². The third-order valence-electron chi connectivity index (χ3n) is 2.60. The summed E-state index contributed by atoms with van der Waals surface area (Å²) in [7, 11) is 3.06. The standard InChI is InChI=1S/C13H16BrClF2O3/c1-18-11-5-8(10(15)6-12(11)19-2)9(14)3-4-20-7-13(16)17/h5-6,9,13H,3-4,7H2,1-2H3. The van der Waals surface area contributed by atoms with E-state index >= 15 is 0 Å². The summed E-state index contributed by atoms with van der Waals surface area (Å²) in [6.45, 7) is -0.343. The van der Waals surface area contributed by atoms with Crippen LogP contribution in [0.1, 0.15) is 16.8 Å². The first-order valence-electron chi connectivity index (χ1n) is 5.91. The number of benzene rings is 1. The predicted octanol–water partition coefficient (Wildman–Crippen LogP) is 4.47. The lowest BCUT2D eigenvalue weighted by molar-refractivity contribution is 0.0167. The van der Waals surface area contributed by atoms with Crippen LogP contribution in [-0.2, 0) is 4.74 Å². The molecule has 0 saturated carbocycles. The maximum atomic E-state index is 11.9. The van der Waals surface area contributed by atoms with Crippen molar-refractivity contribution in [2.75, 3.05) is 27.4 Å². The van der Waals surface area contributed by atoms with Gasteiger partial charge in [-0.2, -0.15) is 0 Å². The molecule has 0 fully saturated rings. The molecule has 0 amide bonds. The van der Waals surface area contributed by atoms with Gasteiger partial charge in [-0.3, -0.25) is 0 Å². The van der Waals surface area contributed by atoms with Crippen LogP contribution in [0, 0.1) is 0 Å². The van der Waals surface area contributed by atoms with Crippen LogP contribution in [0.25, 0.3) is 0 Å². The summed E-state index contributed by atoms with van der Waals surface area (Å²) in [4.78, 5) is -0.118. The van der Waals surface area contributed by atoms with E-state index in [0.29, 0.717) is 22.9 Å². The van der Waals surface area contributed by atoms with Crippen molar-refractivity contribution in [1.82, 2.24) is 0 Å².